The van der Waals surface area contributed by atoms with Gasteiger partial charge in [0.1, 0.15) is 8.07 Å². The van der Waals surface area contributed by atoms with Crippen molar-refractivity contribution in [2.75, 3.05) is 0 Å². The van der Waals surface area contributed by atoms with Crippen molar-refractivity contribution in [2.45, 2.75) is 19.8 Å². The third-order valence-electron chi connectivity index (χ3n) is 5.41. The molecule has 4 aromatic rings. The molecule has 0 fully saturated rings. The predicted molar refractivity (Wildman–Crippen MR) is 120 cm³/mol. The fraction of sp³-hybridized carbons (Fsp3) is 0.115. The van der Waals surface area contributed by atoms with Crippen molar-refractivity contribution in [2.24, 2.45) is 0 Å². The SMILES string of the molecule is CCCc1cc[c-]([Si](c2ccccc2)(c2ccccc2)c2ccccc2)c1.[Cl-].[Cl-].[Cl-].[Ti+4]. The van der Waals surface area contributed by atoms with Crippen molar-refractivity contribution in [3.8, 4) is 0 Å². The standard InChI is InChI=1S/C26H25Si.3ClH.Ti/c1-2-12-22-19-20-26(21-22)27(23-13-6-3-7-14-23,24-15-8-4-9-16-24)25-17-10-5-11-18-25;;;;/h3-11,13-21H,2,12H2,1H3;3*1H;/q-1;;;;+4/p-3. The van der Waals surface area contributed by atoms with Crippen LogP contribution in [0, 0.1) is 0 Å². The molecule has 4 aromatic carbocycles. The summed E-state index contributed by atoms with van der Waals surface area (Å²) in [6, 6.07) is 40.5. The van der Waals surface area contributed by atoms with Crippen LogP contribution in [0.1, 0.15) is 18.9 Å². The van der Waals surface area contributed by atoms with Crippen LogP contribution in [0.2, 0.25) is 0 Å². The number of hydrogen-bond acceptors (Lipinski definition) is 0. The summed E-state index contributed by atoms with van der Waals surface area (Å²) in [7, 11) is -2.31. The summed E-state index contributed by atoms with van der Waals surface area (Å²) in [6.07, 6.45) is 2.32. The molecule has 5 heteroatoms. The topological polar surface area (TPSA) is 0 Å². The summed E-state index contributed by atoms with van der Waals surface area (Å²) in [6.45, 7) is 2.25. The van der Waals surface area contributed by atoms with E-state index in [1.165, 1.54) is 32.7 Å². The molecule has 0 atom stereocenters. The maximum atomic E-state index is 2.46. The number of hydrogen-bond donors (Lipinski definition) is 0. The molecule has 0 saturated heterocycles. The molecule has 0 unspecified atom stereocenters. The molecule has 4 rings (SSSR count). The van der Waals surface area contributed by atoms with E-state index >= 15 is 0 Å². The Balaban J connectivity index is 0.00000225. The number of rotatable bonds is 6. The molecule has 0 bridgehead atoms. The third-order valence-corrected chi connectivity index (χ3v) is 10.2. The van der Waals surface area contributed by atoms with Crippen LogP contribution >= 0.6 is 0 Å². The molecule has 0 aliphatic heterocycles. The Kier molecular flexibility index (Phi) is 13.5. The van der Waals surface area contributed by atoms with Crippen LogP contribution in [0.3, 0.4) is 0 Å². The van der Waals surface area contributed by atoms with E-state index in [9.17, 15) is 0 Å². The Bertz CT molecular complexity index is 892. The molecule has 0 N–H and O–H groups in total. The van der Waals surface area contributed by atoms with E-state index in [1.54, 1.807) is 0 Å². The second kappa shape index (κ2) is 14.1. The average Bonchev–Trinajstić information content (AvgIpc) is 3.20. The molecule has 0 radical (unpaired) electrons. The largest absolute Gasteiger partial charge is 4.00 e. The fourth-order valence-corrected chi connectivity index (χ4v) is 9.05. The molecule has 0 aliphatic rings. The van der Waals surface area contributed by atoms with Gasteiger partial charge in [0.15, 0.2) is 0 Å². The fourth-order valence-electron chi connectivity index (χ4n) is 4.23. The summed E-state index contributed by atoms with van der Waals surface area (Å²) in [5.74, 6) is 0. The predicted octanol–water partition coefficient (Wildman–Crippen LogP) is -5.26. The zero-order valence-corrected chi connectivity index (χ0v) is 22.3. The minimum atomic E-state index is -2.31. The first kappa shape index (κ1) is 29.8. The summed E-state index contributed by atoms with van der Waals surface area (Å²) in [5, 5.41) is 5.80. The van der Waals surface area contributed by atoms with Crippen LogP contribution in [0.25, 0.3) is 0 Å². The molecule has 0 saturated carbocycles. The number of halogens is 3. The molecule has 0 spiro atoms. The van der Waals surface area contributed by atoms with Gasteiger partial charge < -0.3 is 37.2 Å². The molecule has 158 valence electrons. The Labute approximate surface area is 221 Å². The van der Waals surface area contributed by atoms with E-state index in [4.69, 9.17) is 0 Å². The Morgan fingerprint density at radius 2 is 1.00 bits per heavy atom. The van der Waals surface area contributed by atoms with Crippen molar-refractivity contribution >= 4 is 28.8 Å². The van der Waals surface area contributed by atoms with Gasteiger partial charge >= 0.3 is 21.7 Å². The van der Waals surface area contributed by atoms with E-state index < -0.39 is 8.07 Å². The van der Waals surface area contributed by atoms with Gasteiger partial charge in [0, 0.05) is 0 Å². The quantitative estimate of drug-likeness (QED) is 0.136. The minimum Gasteiger partial charge on any atom is -1.00 e. The maximum absolute atomic E-state index is 2.46. The van der Waals surface area contributed by atoms with Crippen LogP contribution in [0.5, 0.6) is 0 Å². The summed E-state index contributed by atoms with van der Waals surface area (Å²) in [5.41, 5.74) is 1.45. The van der Waals surface area contributed by atoms with Crippen LogP contribution in [-0.4, -0.2) is 8.07 Å². The average molecular weight is 520 g/mol. The van der Waals surface area contributed by atoms with Crippen LogP contribution in [-0.2, 0) is 28.1 Å². The molecule has 0 aliphatic carbocycles. The van der Waals surface area contributed by atoms with Gasteiger partial charge in [-0.15, -0.1) is 5.19 Å². The van der Waals surface area contributed by atoms with Gasteiger partial charge in [-0.25, -0.2) is 6.07 Å². The van der Waals surface area contributed by atoms with Crippen LogP contribution in [0.4, 0.5) is 0 Å². The van der Waals surface area contributed by atoms with E-state index in [-0.39, 0.29) is 58.9 Å². The molecule has 0 nitrogen and oxygen atoms in total. The second-order valence-electron chi connectivity index (χ2n) is 7.11. The minimum absolute atomic E-state index is 0. The molecule has 0 heterocycles. The van der Waals surface area contributed by atoms with E-state index in [0.717, 1.165) is 6.42 Å². The summed E-state index contributed by atoms with van der Waals surface area (Å²) in [4.78, 5) is 0. The van der Waals surface area contributed by atoms with Crippen molar-refractivity contribution in [3.63, 3.8) is 0 Å². The number of aryl methyl sites for hydroxylation is 1. The van der Waals surface area contributed by atoms with Crippen LogP contribution in [0.15, 0.2) is 109 Å². The first-order chi connectivity index (χ1) is 13.4. The third kappa shape index (κ3) is 5.99. The van der Waals surface area contributed by atoms with Crippen molar-refractivity contribution in [1.29, 1.82) is 0 Å². The van der Waals surface area contributed by atoms with Gasteiger partial charge in [-0.3, -0.25) is 0 Å². The van der Waals surface area contributed by atoms with Crippen LogP contribution < -0.4 is 58.0 Å². The van der Waals surface area contributed by atoms with Crippen molar-refractivity contribution < 1.29 is 58.9 Å². The maximum Gasteiger partial charge on any atom is 4.00 e. The van der Waals surface area contributed by atoms with Crippen molar-refractivity contribution in [3.05, 3.63) is 115 Å². The first-order valence-electron chi connectivity index (χ1n) is 9.78. The van der Waals surface area contributed by atoms with Gasteiger partial charge in [-0.1, -0.05) is 126 Å². The zero-order valence-electron chi connectivity index (χ0n) is 17.4. The Hall–Kier alpha value is -1.19. The van der Waals surface area contributed by atoms with Crippen molar-refractivity contribution in [1.82, 2.24) is 0 Å². The Morgan fingerprint density at radius 1 is 0.613 bits per heavy atom. The Morgan fingerprint density at radius 3 is 1.35 bits per heavy atom. The van der Waals surface area contributed by atoms with E-state index in [0.29, 0.717) is 0 Å². The zero-order chi connectivity index (χ0) is 18.5. The monoisotopic (exact) mass is 518 g/mol. The first-order valence-corrected chi connectivity index (χ1v) is 11.8. The van der Waals surface area contributed by atoms with Gasteiger partial charge in [-0.2, -0.15) is 17.7 Å². The van der Waals surface area contributed by atoms with Gasteiger partial charge in [0.05, 0.1) is 0 Å². The van der Waals surface area contributed by atoms with E-state index in [1.807, 2.05) is 0 Å². The van der Waals surface area contributed by atoms with Gasteiger partial charge in [0.2, 0.25) is 0 Å². The molecular formula is C26H25Cl3SiTi. The summed E-state index contributed by atoms with van der Waals surface area (Å²) < 4.78 is 0. The van der Waals surface area contributed by atoms with E-state index in [2.05, 4.69) is 116 Å². The summed E-state index contributed by atoms with van der Waals surface area (Å²) >= 11 is 0. The van der Waals surface area contributed by atoms with Gasteiger partial charge in [0.25, 0.3) is 0 Å². The van der Waals surface area contributed by atoms with Gasteiger partial charge in [-0.05, 0) is 0 Å². The normalized spacial score (nSPS) is 9.97. The smallest absolute Gasteiger partial charge is 1.00 e. The number of benzene rings is 3. The molecular weight excluding hydrogens is 495 g/mol. The second-order valence-corrected chi connectivity index (χ2v) is 10.9. The molecule has 0 aromatic heterocycles. The molecule has 0 amide bonds. The molecule has 31 heavy (non-hydrogen) atoms.